The van der Waals surface area contributed by atoms with E-state index in [0.29, 0.717) is 24.0 Å². The van der Waals surface area contributed by atoms with Crippen LogP contribution in [0.1, 0.15) is 5.56 Å². The van der Waals surface area contributed by atoms with E-state index in [2.05, 4.69) is 37.9 Å². The number of carbonyl (C=O) groups excluding carboxylic acids is 1. The van der Waals surface area contributed by atoms with Crippen molar-refractivity contribution in [3.05, 3.63) is 69.2 Å². The van der Waals surface area contributed by atoms with Crippen LogP contribution in [-0.2, 0) is 17.8 Å². The van der Waals surface area contributed by atoms with E-state index in [0.717, 1.165) is 36.3 Å². The molecule has 1 amide bonds. The number of ether oxygens (including phenoxy) is 1. The number of fused-ring (bicyclic) bond motifs is 1. The molecule has 0 N–H and O–H groups in total. The zero-order chi connectivity index (χ0) is 21.8. The molecule has 2 aromatic carbocycles. The number of halogens is 1. The lowest BCUT2D eigenvalue weighted by Crippen LogP contribution is -2.50. The van der Waals surface area contributed by atoms with E-state index in [9.17, 15) is 9.59 Å². The third-order valence-electron chi connectivity index (χ3n) is 5.69. The van der Waals surface area contributed by atoms with Crippen LogP contribution in [0.15, 0.2) is 58.1 Å². The molecule has 2 heterocycles. The van der Waals surface area contributed by atoms with E-state index in [1.165, 1.54) is 16.5 Å². The smallest absolute Gasteiger partial charge is 0.261 e. The molecule has 3 aromatic rings. The van der Waals surface area contributed by atoms with Crippen molar-refractivity contribution in [3.63, 3.8) is 0 Å². The molecule has 0 unspecified atom stereocenters. The number of rotatable bonds is 6. The van der Waals surface area contributed by atoms with Gasteiger partial charge in [-0.25, -0.2) is 4.98 Å². The molecule has 7 nitrogen and oxygen atoms in total. The Hall–Kier alpha value is -2.71. The minimum atomic E-state index is -0.197. The fourth-order valence-corrected chi connectivity index (χ4v) is 4.15. The van der Waals surface area contributed by atoms with Gasteiger partial charge >= 0.3 is 0 Å². The molecular formula is C23H25BrN4O3. The maximum atomic E-state index is 12.8. The van der Waals surface area contributed by atoms with Gasteiger partial charge in [-0.05, 0) is 42.3 Å². The maximum absolute atomic E-state index is 12.8. The molecule has 1 aliphatic heterocycles. The van der Waals surface area contributed by atoms with Crippen LogP contribution >= 0.6 is 15.9 Å². The lowest BCUT2D eigenvalue weighted by atomic mass is 10.1. The third kappa shape index (κ3) is 5.14. The average Bonchev–Trinajstić information content (AvgIpc) is 2.80. The number of hydrogen-bond donors (Lipinski definition) is 0. The monoisotopic (exact) mass is 484 g/mol. The molecule has 0 bridgehead atoms. The highest BCUT2D eigenvalue weighted by Crippen LogP contribution is 2.15. The number of benzene rings is 2. The van der Waals surface area contributed by atoms with Gasteiger partial charge in [0.05, 0.1) is 24.3 Å². The second-order valence-corrected chi connectivity index (χ2v) is 8.58. The molecule has 0 saturated carbocycles. The molecule has 0 radical (unpaired) electrons. The van der Waals surface area contributed by atoms with Gasteiger partial charge in [0, 0.05) is 37.2 Å². The largest absolute Gasteiger partial charge is 0.497 e. The molecule has 4 rings (SSSR count). The Morgan fingerprint density at radius 1 is 1.10 bits per heavy atom. The summed E-state index contributed by atoms with van der Waals surface area (Å²) in [5.74, 6) is 0.817. The van der Waals surface area contributed by atoms with Gasteiger partial charge < -0.3 is 9.64 Å². The van der Waals surface area contributed by atoms with Crippen molar-refractivity contribution in [2.24, 2.45) is 0 Å². The Balaban J connectivity index is 1.30. The predicted octanol–water partition coefficient (Wildman–Crippen LogP) is 2.55. The maximum Gasteiger partial charge on any atom is 0.261 e. The number of nitrogens with zero attached hydrogens (tertiary/aromatic N) is 4. The van der Waals surface area contributed by atoms with Crippen molar-refractivity contribution in [2.45, 2.75) is 13.0 Å². The first-order chi connectivity index (χ1) is 15.0. The van der Waals surface area contributed by atoms with Crippen LogP contribution in [-0.4, -0.2) is 65.1 Å². The highest BCUT2D eigenvalue weighted by Gasteiger charge is 2.21. The quantitative estimate of drug-likeness (QED) is 0.537. The molecule has 1 saturated heterocycles. The zero-order valence-corrected chi connectivity index (χ0v) is 19.0. The van der Waals surface area contributed by atoms with Gasteiger partial charge in [0.25, 0.3) is 5.56 Å². The van der Waals surface area contributed by atoms with Crippen molar-refractivity contribution in [1.29, 1.82) is 0 Å². The van der Waals surface area contributed by atoms with E-state index < -0.39 is 0 Å². The van der Waals surface area contributed by atoms with Crippen molar-refractivity contribution >= 4 is 32.7 Å². The number of hydrogen-bond acceptors (Lipinski definition) is 5. The Kier molecular flexibility index (Phi) is 6.67. The Labute approximate surface area is 189 Å². The first-order valence-corrected chi connectivity index (χ1v) is 11.1. The van der Waals surface area contributed by atoms with E-state index in [1.807, 2.05) is 23.1 Å². The Morgan fingerprint density at radius 3 is 2.55 bits per heavy atom. The second-order valence-electron chi connectivity index (χ2n) is 7.66. The van der Waals surface area contributed by atoms with Gasteiger partial charge in [-0.1, -0.05) is 28.1 Å². The Bertz CT molecular complexity index is 1120. The van der Waals surface area contributed by atoms with E-state index >= 15 is 0 Å². The van der Waals surface area contributed by atoms with Crippen molar-refractivity contribution in [3.8, 4) is 5.75 Å². The van der Waals surface area contributed by atoms with Gasteiger partial charge in [0.15, 0.2) is 0 Å². The summed E-state index contributed by atoms with van der Waals surface area (Å²) in [5.41, 5.74) is 1.70. The number of methoxy groups -OCH3 is 1. The first-order valence-electron chi connectivity index (χ1n) is 10.3. The minimum absolute atomic E-state index is 0.0140. The van der Waals surface area contributed by atoms with Gasteiger partial charge in [0.1, 0.15) is 12.3 Å². The van der Waals surface area contributed by atoms with E-state index in [4.69, 9.17) is 4.74 Å². The molecule has 1 aliphatic rings. The van der Waals surface area contributed by atoms with Crippen LogP contribution in [0, 0.1) is 0 Å². The molecule has 0 spiro atoms. The summed E-state index contributed by atoms with van der Waals surface area (Å²) >= 11 is 3.38. The summed E-state index contributed by atoms with van der Waals surface area (Å²) in [6, 6.07) is 13.5. The molecule has 0 aliphatic carbocycles. The van der Waals surface area contributed by atoms with Crippen LogP contribution in [0.25, 0.3) is 10.9 Å². The number of aromatic nitrogens is 2. The van der Waals surface area contributed by atoms with Gasteiger partial charge in [0.2, 0.25) is 5.91 Å². The normalized spacial score (nSPS) is 14.7. The number of amides is 1. The van der Waals surface area contributed by atoms with Gasteiger partial charge in [-0.3, -0.25) is 19.1 Å². The molecule has 162 valence electrons. The molecule has 1 aromatic heterocycles. The highest BCUT2D eigenvalue weighted by molar-refractivity contribution is 9.10. The molecule has 1 fully saturated rings. The summed E-state index contributed by atoms with van der Waals surface area (Å²) in [4.78, 5) is 34.0. The van der Waals surface area contributed by atoms with Gasteiger partial charge in [-0.15, -0.1) is 0 Å². The SMILES string of the molecule is COc1ccc(CCN2CCN(C(=O)Cn3cnc4ccc(Br)cc4c3=O)CC2)cc1. The summed E-state index contributed by atoms with van der Waals surface area (Å²) < 4.78 is 7.41. The van der Waals surface area contributed by atoms with E-state index in [1.54, 1.807) is 19.2 Å². The van der Waals surface area contributed by atoms with Crippen LogP contribution < -0.4 is 10.3 Å². The lowest BCUT2D eigenvalue weighted by Gasteiger charge is -2.34. The number of piperazine rings is 1. The van der Waals surface area contributed by atoms with Crippen LogP contribution in [0.3, 0.4) is 0 Å². The summed E-state index contributed by atoms with van der Waals surface area (Å²) in [6.07, 6.45) is 2.42. The average molecular weight is 485 g/mol. The zero-order valence-electron chi connectivity index (χ0n) is 17.5. The molecule has 31 heavy (non-hydrogen) atoms. The minimum Gasteiger partial charge on any atom is -0.497 e. The van der Waals surface area contributed by atoms with Crippen molar-refractivity contribution < 1.29 is 9.53 Å². The molecule has 0 atom stereocenters. The van der Waals surface area contributed by atoms with Crippen molar-refractivity contribution in [2.75, 3.05) is 39.8 Å². The van der Waals surface area contributed by atoms with Crippen LogP contribution in [0.2, 0.25) is 0 Å². The lowest BCUT2D eigenvalue weighted by molar-refractivity contribution is -0.133. The predicted molar refractivity (Wildman–Crippen MR) is 123 cm³/mol. The summed E-state index contributed by atoms with van der Waals surface area (Å²) in [5, 5.41) is 0.507. The number of carbonyl (C=O) groups is 1. The standard InChI is InChI=1S/C23H25BrN4O3/c1-31-19-5-2-17(3-6-19)8-9-26-10-12-27(13-11-26)22(29)15-28-16-25-21-7-4-18(24)14-20(21)23(28)30/h2-7,14,16H,8-13,15H2,1H3. The third-order valence-corrected chi connectivity index (χ3v) is 6.19. The Morgan fingerprint density at radius 2 is 1.84 bits per heavy atom. The highest BCUT2D eigenvalue weighted by atomic mass is 79.9. The van der Waals surface area contributed by atoms with Crippen LogP contribution in [0.4, 0.5) is 0 Å². The van der Waals surface area contributed by atoms with E-state index in [-0.39, 0.29) is 18.0 Å². The van der Waals surface area contributed by atoms with Gasteiger partial charge in [-0.2, -0.15) is 0 Å². The van der Waals surface area contributed by atoms with Crippen LogP contribution in [0.5, 0.6) is 5.75 Å². The second kappa shape index (κ2) is 9.62. The molecular weight excluding hydrogens is 460 g/mol. The van der Waals surface area contributed by atoms with Crippen molar-refractivity contribution in [1.82, 2.24) is 19.4 Å². The first kappa shape index (κ1) is 21.5. The molecule has 8 heteroatoms. The summed E-state index contributed by atoms with van der Waals surface area (Å²) in [7, 11) is 1.67. The fraction of sp³-hybridized carbons (Fsp3) is 0.348. The summed E-state index contributed by atoms with van der Waals surface area (Å²) in [6.45, 7) is 3.97. The fourth-order valence-electron chi connectivity index (χ4n) is 3.79. The topological polar surface area (TPSA) is 67.7 Å².